The Morgan fingerprint density at radius 1 is 0.302 bits per heavy atom. The molecule has 0 aliphatic heterocycles. The molecule has 0 atom stereocenters. The smallest absolute Gasteiger partial charge is 0.0620 e. The Balaban J connectivity index is 1.19. The molecule has 2 aromatic heterocycles. The van der Waals surface area contributed by atoms with Gasteiger partial charge < -0.3 is 9.13 Å². The van der Waals surface area contributed by atoms with Crippen LogP contribution in [0.3, 0.4) is 0 Å². The van der Waals surface area contributed by atoms with Gasteiger partial charge in [0.25, 0.3) is 0 Å². The van der Waals surface area contributed by atoms with Gasteiger partial charge in [-0.25, -0.2) is 0 Å². The fourth-order valence-electron chi connectivity index (χ4n) is 10.4. The van der Waals surface area contributed by atoms with E-state index in [1.165, 1.54) is 83.1 Å². The molecule has 2 nitrogen and oxygen atoms in total. The van der Waals surface area contributed by atoms with Crippen LogP contribution in [-0.4, -0.2) is 9.13 Å². The second kappa shape index (κ2) is 14.6. The Bertz CT molecular complexity index is 3480. The summed E-state index contributed by atoms with van der Waals surface area (Å²) in [7, 11) is 0. The SMILES string of the molecule is CC1(C)c2ccccc2-c2ccc(-n3c(-c4ccc(-c5ccccc5)cc4)c(-c4c(-c5ccc(-c6ccccc6)cc5)n(-c5ccccc5)c5ccccc45)c4ccccc43)cc21. The summed E-state index contributed by atoms with van der Waals surface area (Å²) in [5.41, 5.74) is 21.7. The van der Waals surface area contributed by atoms with Crippen LogP contribution in [-0.2, 0) is 5.41 Å². The van der Waals surface area contributed by atoms with Crippen molar-refractivity contribution in [3.8, 4) is 78.4 Å². The van der Waals surface area contributed by atoms with E-state index in [4.69, 9.17) is 0 Å². The van der Waals surface area contributed by atoms with Crippen LogP contribution in [0.5, 0.6) is 0 Å². The number of benzene rings is 9. The summed E-state index contributed by atoms with van der Waals surface area (Å²) in [5.74, 6) is 0. The first kappa shape index (κ1) is 36.9. The fourth-order valence-corrected chi connectivity index (χ4v) is 10.4. The van der Waals surface area contributed by atoms with E-state index in [-0.39, 0.29) is 5.41 Å². The highest BCUT2D eigenvalue weighted by molar-refractivity contribution is 6.16. The van der Waals surface area contributed by atoms with Crippen molar-refractivity contribution in [1.29, 1.82) is 0 Å². The molecule has 1 aliphatic rings. The van der Waals surface area contributed by atoms with Gasteiger partial charge in [0.15, 0.2) is 0 Å². The van der Waals surface area contributed by atoms with Crippen LogP contribution in [0.15, 0.2) is 231 Å². The molecule has 0 unspecified atom stereocenters. The monoisotopic (exact) mass is 804 g/mol. The van der Waals surface area contributed by atoms with Gasteiger partial charge in [0.1, 0.15) is 0 Å². The van der Waals surface area contributed by atoms with Crippen LogP contribution in [0.4, 0.5) is 0 Å². The van der Waals surface area contributed by atoms with Crippen LogP contribution in [0.1, 0.15) is 25.0 Å². The molecule has 0 bridgehead atoms. The predicted octanol–water partition coefficient (Wildman–Crippen LogP) is 16.2. The van der Waals surface area contributed by atoms with Crippen molar-refractivity contribution in [1.82, 2.24) is 9.13 Å². The third kappa shape index (κ3) is 5.86. The van der Waals surface area contributed by atoms with Crippen molar-refractivity contribution in [2.45, 2.75) is 19.3 Å². The number of para-hydroxylation sites is 3. The van der Waals surface area contributed by atoms with Crippen LogP contribution in [0.2, 0.25) is 0 Å². The molecule has 0 amide bonds. The summed E-state index contributed by atoms with van der Waals surface area (Å²) in [5, 5.41) is 2.42. The zero-order valence-electron chi connectivity index (χ0n) is 35.3. The van der Waals surface area contributed by atoms with E-state index in [0.717, 1.165) is 28.2 Å². The number of fused-ring (bicyclic) bond motifs is 5. The first-order chi connectivity index (χ1) is 31.0. The number of hydrogen-bond donors (Lipinski definition) is 0. The van der Waals surface area contributed by atoms with E-state index in [0.29, 0.717) is 0 Å². The van der Waals surface area contributed by atoms with E-state index in [2.05, 4.69) is 254 Å². The zero-order chi connectivity index (χ0) is 42.1. The molecule has 11 aromatic rings. The van der Waals surface area contributed by atoms with Crippen molar-refractivity contribution in [2.75, 3.05) is 0 Å². The van der Waals surface area contributed by atoms with Gasteiger partial charge in [0, 0.05) is 38.7 Å². The minimum absolute atomic E-state index is 0.145. The van der Waals surface area contributed by atoms with E-state index in [1.54, 1.807) is 0 Å². The fraction of sp³-hybridized carbons (Fsp3) is 0.0492. The van der Waals surface area contributed by atoms with E-state index < -0.39 is 0 Å². The standard InChI is InChI=1S/C61H44N2/c1-61(2)53-27-15-12-24-49(53)50-39-38-48(40-54(50)61)63-56-29-17-14-26-52(56)58(60(63)46-36-32-44(33-37-46)42-20-8-4-9-21-42)57-51-25-13-16-28-55(51)62(47-22-10-5-11-23-47)59(57)45-34-30-43(31-35-45)41-18-6-3-7-19-41/h3-40H,1-2H3. The molecule has 63 heavy (non-hydrogen) atoms. The van der Waals surface area contributed by atoms with Gasteiger partial charge >= 0.3 is 0 Å². The molecule has 0 N–H and O–H groups in total. The first-order valence-corrected chi connectivity index (χ1v) is 21.9. The normalized spacial score (nSPS) is 12.7. The summed E-state index contributed by atoms with van der Waals surface area (Å²) in [6.45, 7) is 4.75. The van der Waals surface area contributed by atoms with Crippen molar-refractivity contribution in [3.05, 3.63) is 242 Å². The lowest BCUT2D eigenvalue weighted by Gasteiger charge is -2.23. The van der Waals surface area contributed by atoms with Gasteiger partial charge in [-0.3, -0.25) is 0 Å². The number of aromatic nitrogens is 2. The highest BCUT2D eigenvalue weighted by atomic mass is 15.0. The topological polar surface area (TPSA) is 9.86 Å². The molecule has 0 fully saturated rings. The predicted molar refractivity (Wildman–Crippen MR) is 265 cm³/mol. The van der Waals surface area contributed by atoms with Crippen molar-refractivity contribution in [2.24, 2.45) is 0 Å². The number of nitrogens with zero attached hydrogens (tertiary/aromatic N) is 2. The molecule has 0 saturated heterocycles. The van der Waals surface area contributed by atoms with Crippen LogP contribution >= 0.6 is 0 Å². The molecule has 0 saturated carbocycles. The minimum atomic E-state index is -0.145. The quantitative estimate of drug-likeness (QED) is 0.152. The van der Waals surface area contributed by atoms with Crippen LogP contribution in [0.25, 0.3) is 100 Å². The molecular weight excluding hydrogens is 761 g/mol. The highest BCUT2D eigenvalue weighted by Crippen LogP contribution is 2.53. The third-order valence-electron chi connectivity index (χ3n) is 13.4. The van der Waals surface area contributed by atoms with Crippen LogP contribution < -0.4 is 0 Å². The average Bonchev–Trinajstić information content (AvgIpc) is 3.95. The molecule has 2 heterocycles. The van der Waals surface area contributed by atoms with Crippen LogP contribution in [0, 0.1) is 0 Å². The number of rotatable bonds is 7. The Morgan fingerprint density at radius 2 is 0.698 bits per heavy atom. The Labute approximate surface area is 368 Å². The third-order valence-corrected chi connectivity index (χ3v) is 13.4. The number of hydrogen-bond acceptors (Lipinski definition) is 0. The summed E-state index contributed by atoms with van der Waals surface area (Å²) >= 11 is 0. The molecule has 0 spiro atoms. The highest BCUT2D eigenvalue weighted by Gasteiger charge is 2.36. The van der Waals surface area contributed by atoms with Crippen molar-refractivity contribution >= 4 is 21.8 Å². The maximum Gasteiger partial charge on any atom is 0.0620 e. The van der Waals surface area contributed by atoms with E-state index >= 15 is 0 Å². The molecule has 2 heteroatoms. The lowest BCUT2D eigenvalue weighted by molar-refractivity contribution is 0.660. The molecule has 9 aromatic carbocycles. The molecular formula is C61H44N2. The summed E-state index contributed by atoms with van der Waals surface area (Å²) in [4.78, 5) is 0. The average molecular weight is 805 g/mol. The Kier molecular flexibility index (Phi) is 8.55. The summed E-state index contributed by atoms with van der Waals surface area (Å²) < 4.78 is 5.02. The minimum Gasteiger partial charge on any atom is -0.309 e. The molecule has 298 valence electrons. The molecule has 0 radical (unpaired) electrons. The second-order valence-corrected chi connectivity index (χ2v) is 17.3. The zero-order valence-corrected chi connectivity index (χ0v) is 35.3. The van der Waals surface area contributed by atoms with Gasteiger partial charge in [-0.2, -0.15) is 0 Å². The van der Waals surface area contributed by atoms with Gasteiger partial charge in [0.2, 0.25) is 0 Å². The second-order valence-electron chi connectivity index (χ2n) is 17.3. The molecule has 12 rings (SSSR count). The summed E-state index contributed by atoms with van der Waals surface area (Å²) in [6.07, 6.45) is 0. The van der Waals surface area contributed by atoms with E-state index in [1.807, 2.05) is 0 Å². The van der Waals surface area contributed by atoms with Gasteiger partial charge in [-0.1, -0.05) is 208 Å². The Hall–Kier alpha value is -7.94. The lowest BCUT2D eigenvalue weighted by Crippen LogP contribution is -2.15. The maximum absolute atomic E-state index is 2.54. The van der Waals surface area contributed by atoms with Gasteiger partial charge in [0.05, 0.1) is 22.4 Å². The lowest BCUT2D eigenvalue weighted by atomic mass is 9.82. The largest absolute Gasteiger partial charge is 0.309 e. The van der Waals surface area contributed by atoms with Gasteiger partial charge in [-0.05, 0) is 92.0 Å². The van der Waals surface area contributed by atoms with Gasteiger partial charge in [-0.15, -0.1) is 0 Å². The maximum atomic E-state index is 2.54. The Morgan fingerprint density at radius 3 is 1.24 bits per heavy atom. The molecule has 1 aliphatic carbocycles. The van der Waals surface area contributed by atoms with E-state index in [9.17, 15) is 0 Å². The first-order valence-electron chi connectivity index (χ1n) is 21.9. The van der Waals surface area contributed by atoms with Crippen molar-refractivity contribution < 1.29 is 0 Å². The summed E-state index contributed by atoms with van der Waals surface area (Å²) in [6, 6.07) is 84.7. The van der Waals surface area contributed by atoms with Crippen molar-refractivity contribution in [3.63, 3.8) is 0 Å².